The topological polar surface area (TPSA) is 64.2 Å². The van der Waals surface area contributed by atoms with Crippen LogP contribution in [-0.4, -0.2) is 10.2 Å². The molecule has 1 rings (SSSR count). The van der Waals surface area contributed by atoms with Gasteiger partial charge in [0.2, 0.25) is 0 Å². The fraction of sp³-hybridized carbons (Fsp3) is 0.100. The molecule has 0 amide bonds. The molecule has 3 nitrogen and oxygen atoms in total. The third-order valence-electron chi connectivity index (χ3n) is 1.36. The van der Waals surface area contributed by atoms with Crippen LogP contribution >= 0.6 is 0 Å². The highest BCUT2D eigenvalue weighted by Crippen LogP contribution is 2.15. The molecule has 0 bridgehead atoms. The molecule has 2 N–H and O–H groups in total. The van der Waals surface area contributed by atoms with Gasteiger partial charge in [0.05, 0.1) is 0 Å². The molecule has 68 valence electrons. The van der Waals surface area contributed by atoms with Crippen molar-refractivity contribution in [2.24, 2.45) is 0 Å². The molecule has 0 atom stereocenters. The average Bonchev–Trinajstić information content (AvgIpc) is 2.11. The van der Waals surface area contributed by atoms with E-state index < -0.39 is 0 Å². The highest BCUT2D eigenvalue weighted by atomic mass is 16.3. The van der Waals surface area contributed by atoms with Crippen LogP contribution in [-0.2, 0) is 6.42 Å². The minimum atomic E-state index is 0.349. The van der Waals surface area contributed by atoms with E-state index in [2.05, 4.69) is 6.58 Å². The number of para-hydroxylation sites is 1. The Kier molecular flexibility index (Phi) is 5.73. The van der Waals surface area contributed by atoms with Gasteiger partial charge in [0, 0.05) is 0 Å². The number of aromatic hydroxyl groups is 1. The fourth-order valence-corrected chi connectivity index (χ4v) is 0.839. The van der Waals surface area contributed by atoms with Crippen molar-refractivity contribution in [1.82, 2.24) is 0 Å². The zero-order valence-corrected chi connectivity index (χ0v) is 7.14. The van der Waals surface area contributed by atoms with E-state index in [1.807, 2.05) is 18.2 Å². The first-order valence-corrected chi connectivity index (χ1v) is 3.67. The maximum absolute atomic E-state index is 9.19. The number of rotatable bonds is 2. The normalized spacial score (nSPS) is 7.62. The summed E-state index contributed by atoms with van der Waals surface area (Å²) in [7, 11) is 0. The van der Waals surface area contributed by atoms with E-state index in [1.54, 1.807) is 12.1 Å². The Hall–Kier alpha value is -1.95. The maximum Gasteiger partial charge on any atom is 0.283 e. The maximum atomic E-state index is 9.19. The van der Waals surface area contributed by atoms with E-state index in [1.165, 1.54) is 0 Å². The smallest absolute Gasteiger partial charge is 0.283 e. The monoisotopic (exact) mass is 177 g/mol. The number of phenols is 1. The van der Waals surface area contributed by atoms with Crippen LogP contribution in [0.2, 0.25) is 0 Å². The van der Waals surface area contributed by atoms with Crippen LogP contribution in [0.1, 0.15) is 5.56 Å². The summed E-state index contributed by atoms with van der Waals surface area (Å²) >= 11 is 0. The number of nitrogens with zero attached hydrogens (tertiary/aromatic N) is 1. The molecule has 0 aliphatic heterocycles. The molecule has 0 saturated carbocycles. The van der Waals surface area contributed by atoms with Crippen molar-refractivity contribution in [3.05, 3.63) is 42.5 Å². The number of aliphatic hydroxyl groups excluding tert-OH is 1. The van der Waals surface area contributed by atoms with Crippen LogP contribution in [0.15, 0.2) is 36.9 Å². The van der Waals surface area contributed by atoms with E-state index in [4.69, 9.17) is 10.4 Å². The van der Waals surface area contributed by atoms with Crippen LogP contribution in [0.25, 0.3) is 0 Å². The second-order valence-electron chi connectivity index (χ2n) is 2.22. The molecule has 0 saturated heterocycles. The molecular formula is C10H11NO2. The van der Waals surface area contributed by atoms with Gasteiger partial charge in [-0.3, -0.25) is 0 Å². The predicted octanol–water partition coefficient (Wildman–Crippen LogP) is 1.96. The molecule has 1 aromatic carbocycles. The zero-order chi connectivity index (χ0) is 10.1. The van der Waals surface area contributed by atoms with E-state index in [9.17, 15) is 5.11 Å². The Labute approximate surface area is 77.2 Å². The van der Waals surface area contributed by atoms with Gasteiger partial charge in [0.25, 0.3) is 6.26 Å². The Morgan fingerprint density at radius 2 is 2.00 bits per heavy atom. The molecule has 3 heteroatoms. The lowest BCUT2D eigenvalue weighted by Gasteiger charge is -1.97. The molecular weight excluding hydrogens is 166 g/mol. The van der Waals surface area contributed by atoms with Crippen LogP contribution in [0.4, 0.5) is 0 Å². The highest BCUT2D eigenvalue weighted by Gasteiger charge is 1.93. The van der Waals surface area contributed by atoms with Gasteiger partial charge in [-0.05, 0) is 18.1 Å². The Morgan fingerprint density at radius 1 is 1.46 bits per heavy atom. The minimum Gasteiger partial charge on any atom is -0.508 e. The van der Waals surface area contributed by atoms with Gasteiger partial charge in [-0.25, -0.2) is 0 Å². The lowest BCUT2D eigenvalue weighted by molar-refractivity contribution is 0.470. The number of benzene rings is 1. The Balaban J connectivity index is 0.000000424. The summed E-state index contributed by atoms with van der Waals surface area (Å²) in [5.74, 6) is 0.349. The molecule has 0 aliphatic carbocycles. The average molecular weight is 177 g/mol. The molecule has 1 aromatic rings. The van der Waals surface area contributed by atoms with Gasteiger partial charge >= 0.3 is 0 Å². The van der Waals surface area contributed by atoms with Crippen molar-refractivity contribution < 1.29 is 10.2 Å². The molecule has 0 aliphatic rings. The van der Waals surface area contributed by atoms with Crippen LogP contribution < -0.4 is 0 Å². The van der Waals surface area contributed by atoms with Crippen molar-refractivity contribution >= 4 is 0 Å². The number of hydrogen-bond donors (Lipinski definition) is 2. The summed E-state index contributed by atoms with van der Waals surface area (Å²) in [6, 6.07) is 7.27. The van der Waals surface area contributed by atoms with Gasteiger partial charge in [-0.15, -0.1) is 6.58 Å². The van der Waals surface area contributed by atoms with Crippen molar-refractivity contribution in [1.29, 1.82) is 5.26 Å². The first-order chi connectivity index (χ1) is 6.26. The Bertz CT molecular complexity index is 302. The van der Waals surface area contributed by atoms with E-state index >= 15 is 0 Å². The number of phenolic OH excluding ortho intramolecular Hbond substituents is 1. The lowest BCUT2D eigenvalue weighted by Crippen LogP contribution is -1.79. The molecule has 0 radical (unpaired) electrons. The zero-order valence-electron chi connectivity index (χ0n) is 7.14. The molecule has 0 unspecified atom stereocenters. The summed E-state index contributed by atoms with van der Waals surface area (Å²) < 4.78 is 0. The van der Waals surface area contributed by atoms with E-state index in [0.717, 1.165) is 18.2 Å². The summed E-state index contributed by atoms with van der Waals surface area (Å²) in [5, 5.41) is 22.9. The van der Waals surface area contributed by atoms with Crippen molar-refractivity contribution in [2.75, 3.05) is 0 Å². The van der Waals surface area contributed by atoms with E-state index in [0.29, 0.717) is 5.75 Å². The van der Waals surface area contributed by atoms with Crippen molar-refractivity contribution in [3.63, 3.8) is 0 Å². The molecule has 13 heavy (non-hydrogen) atoms. The second kappa shape index (κ2) is 6.74. The van der Waals surface area contributed by atoms with Gasteiger partial charge in [-0.2, -0.15) is 5.26 Å². The lowest BCUT2D eigenvalue weighted by atomic mass is 10.1. The van der Waals surface area contributed by atoms with Gasteiger partial charge in [0.15, 0.2) is 0 Å². The third kappa shape index (κ3) is 4.49. The molecule has 0 spiro atoms. The highest BCUT2D eigenvalue weighted by molar-refractivity contribution is 5.32. The number of aliphatic hydroxyl groups is 1. The third-order valence-corrected chi connectivity index (χ3v) is 1.36. The quantitative estimate of drug-likeness (QED) is 0.536. The standard InChI is InChI=1S/C9H10O.CHNO/c1-2-5-8-6-3-4-7-9(8)10;2-1-3/h2-4,6-7,10H,1,5H2;3H. The first-order valence-electron chi connectivity index (χ1n) is 3.67. The number of hydrogen-bond acceptors (Lipinski definition) is 3. The van der Waals surface area contributed by atoms with Crippen LogP contribution in [0, 0.1) is 11.5 Å². The number of nitriles is 1. The summed E-state index contributed by atoms with van der Waals surface area (Å²) in [5.41, 5.74) is 0.928. The summed E-state index contributed by atoms with van der Waals surface area (Å²) in [6.07, 6.45) is 3.25. The second-order valence-corrected chi connectivity index (χ2v) is 2.22. The van der Waals surface area contributed by atoms with Gasteiger partial charge in [0.1, 0.15) is 5.75 Å². The molecule has 0 aromatic heterocycles. The van der Waals surface area contributed by atoms with Crippen molar-refractivity contribution in [2.45, 2.75) is 6.42 Å². The van der Waals surface area contributed by atoms with Gasteiger partial charge in [-0.1, -0.05) is 24.3 Å². The van der Waals surface area contributed by atoms with Crippen LogP contribution in [0.3, 0.4) is 0 Å². The SMILES string of the molecule is C=CCc1ccccc1O.N#CO. The molecule has 0 heterocycles. The Morgan fingerprint density at radius 3 is 2.46 bits per heavy atom. The molecule has 0 fully saturated rings. The summed E-state index contributed by atoms with van der Waals surface area (Å²) in [6.45, 7) is 3.59. The van der Waals surface area contributed by atoms with E-state index in [-0.39, 0.29) is 0 Å². The van der Waals surface area contributed by atoms with Crippen LogP contribution in [0.5, 0.6) is 5.75 Å². The number of allylic oxidation sites excluding steroid dienone is 1. The van der Waals surface area contributed by atoms with Crippen molar-refractivity contribution in [3.8, 4) is 12.0 Å². The predicted molar refractivity (Wildman–Crippen MR) is 49.6 cm³/mol. The first kappa shape index (κ1) is 11.1. The van der Waals surface area contributed by atoms with Gasteiger partial charge < -0.3 is 10.2 Å². The largest absolute Gasteiger partial charge is 0.508 e. The fourth-order valence-electron chi connectivity index (χ4n) is 0.839. The summed E-state index contributed by atoms with van der Waals surface area (Å²) in [4.78, 5) is 0. The minimum absolute atomic E-state index is 0.349.